The zero-order valence-corrected chi connectivity index (χ0v) is 8.53. The summed E-state index contributed by atoms with van der Waals surface area (Å²) in [5.41, 5.74) is 0.536. The van der Waals surface area contributed by atoms with Crippen molar-refractivity contribution in [2.45, 2.75) is 6.42 Å². The fraction of sp³-hybridized carbons (Fsp3) is 0.375. The van der Waals surface area contributed by atoms with Gasteiger partial charge in [-0.1, -0.05) is 0 Å². The van der Waals surface area contributed by atoms with Crippen molar-refractivity contribution in [2.75, 3.05) is 13.2 Å². The normalized spacial score (nSPS) is 10.8. The first-order valence-corrected chi connectivity index (χ1v) is 4.79. The molecule has 0 amide bonds. The molecule has 0 saturated carbocycles. The number of hydrogen-bond acceptors (Lipinski definition) is 5. The number of halogens is 1. The summed E-state index contributed by atoms with van der Waals surface area (Å²) in [6.07, 6.45) is 2.11. The zero-order chi connectivity index (χ0) is 10.7. The maximum absolute atomic E-state index is 8.61. The molecular formula is C8H9ClN4O2. The molecule has 2 aromatic rings. The van der Waals surface area contributed by atoms with Crippen LogP contribution < -0.4 is 4.74 Å². The average molecular weight is 229 g/mol. The highest BCUT2D eigenvalue weighted by atomic mass is 35.5. The molecule has 0 saturated heterocycles. The van der Waals surface area contributed by atoms with Crippen molar-refractivity contribution in [1.82, 2.24) is 20.2 Å². The largest absolute Gasteiger partial charge is 0.477 e. The number of rotatable bonds is 4. The van der Waals surface area contributed by atoms with Gasteiger partial charge < -0.3 is 9.84 Å². The molecule has 2 N–H and O–H groups in total. The standard InChI is InChI=1S/C8H9ClN4O2/c9-8-11-6-5(4-10-13-6)7(12-8)15-3-1-2-14/h4,14H,1-3H2,(H,10,11,12,13). The fourth-order valence-corrected chi connectivity index (χ4v) is 1.29. The van der Waals surface area contributed by atoms with Crippen LogP contribution in [0.3, 0.4) is 0 Å². The number of hydrogen-bond donors (Lipinski definition) is 2. The summed E-state index contributed by atoms with van der Waals surface area (Å²) in [6.45, 7) is 0.456. The Hall–Kier alpha value is -1.40. The summed E-state index contributed by atoms with van der Waals surface area (Å²) in [6, 6.07) is 0. The first kappa shape index (κ1) is 10.1. The number of aromatic nitrogens is 4. The Morgan fingerprint density at radius 3 is 3.13 bits per heavy atom. The third-order valence-corrected chi connectivity index (χ3v) is 1.96. The molecule has 0 aliphatic carbocycles. The van der Waals surface area contributed by atoms with Crippen LogP contribution in [-0.2, 0) is 0 Å². The van der Waals surface area contributed by atoms with Gasteiger partial charge in [0, 0.05) is 13.0 Å². The maximum Gasteiger partial charge on any atom is 0.229 e. The molecule has 0 fully saturated rings. The molecule has 0 radical (unpaired) electrons. The zero-order valence-electron chi connectivity index (χ0n) is 7.77. The van der Waals surface area contributed by atoms with Crippen LogP contribution in [0.4, 0.5) is 0 Å². The Balaban J connectivity index is 2.27. The number of aliphatic hydroxyl groups is 1. The molecule has 0 aromatic carbocycles. The van der Waals surface area contributed by atoms with E-state index in [2.05, 4.69) is 20.2 Å². The molecule has 2 aromatic heterocycles. The summed E-state index contributed by atoms with van der Waals surface area (Å²) < 4.78 is 5.34. The molecule has 2 heterocycles. The highest BCUT2D eigenvalue weighted by molar-refractivity contribution is 6.28. The number of H-pyrrole nitrogens is 1. The van der Waals surface area contributed by atoms with E-state index >= 15 is 0 Å². The molecule has 0 unspecified atom stereocenters. The Morgan fingerprint density at radius 1 is 1.47 bits per heavy atom. The molecule has 2 rings (SSSR count). The minimum atomic E-state index is 0.0767. The van der Waals surface area contributed by atoms with E-state index < -0.39 is 0 Å². The highest BCUT2D eigenvalue weighted by Gasteiger charge is 2.08. The van der Waals surface area contributed by atoms with E-state index in [0.29, 0.717) is 29.9 Å². The van der Waals surface area contributed by atoms with Gasteiger partial charge in [0.25, 0.3) is 0 Å². The van der Waals surface area contributed by atoms with Crippen LogP contribution in [0.25, 0.3) is 11.0 Å². The summed E-state index contributed by atoms with van der Waals surface area (Å²) >= 11 is 5.69. The van der Waals surface area contributed by atoms with Crippen LogP contribution in [0.5, 0.6) is 5.88 Å². The van der Waals surface area contributed by atoms with Gasteiger partial charge in [-0.25, -0.2) is 0 Å². The lowest BCUT2D eigenvalue weighted by Crippen LogP contribution is -2.02. The smallest absolute Gasteiger partial charge is 0.229 e. The molecule has 15 heavy (non-hydrogen) atoms. The van der Waals surface area contributed by atoms with Crippen LogP contribution in [0.2, 0.25) is 5.28 Å². The van der Waals surface area contributed by atoms with Gasteiger partial charge in [-0.15, -0.1) is 0 Å². The number of nitrogens with one attached hydrogen (secondary N) is 1. The van der Waals surface area contributed by atoms with E-state index in [1.807, 2.05) is 0 Å². The highest BCUT2D eigenvalue weighted by Crippen LogP contribution is 2.21. The van der Waals surface area contributed by atoms with Crippen LogP contribution in [0.1, 0.15) is 6.42 Å². The van der Waals surface area contributed by atoms with Crippen LogP contribution in [0.15, 0.2) is 6.20 Å². The van der Waals surface area contributed by atoms with Crippen molar-refractivity contribution in [3.05, 3.63) is 11.5 Å². The molecule has 6 nitrogen and oxygen atoms in total. The maximum atomic E-state index is 8.61. The molecule has 0 atom stereocenters. The molecule has 0 aliphatic rings. The lowest BCUT2D eigenvalue weighted by atomic mass is 10.4. The first-order chi connectivity index (χ1) is 7.31. The third-order valence-electron chi connectivity index (χ3n) is 1.79. The first-order valence-electron chi connectivity index (χ1n) is 4.41. The molecule has 0 aliphatic heterocycles. The number of aliphatic hydroxyl groups excluding tert-OH is 1. The SMILES string of the molecule is OCCCOc1nc(Cl)nc2[nH]ncc12. The van der Waals surface area contributed by atoms with Crippen molar-refractivity contribution in [3.8, 4) is 5.88 Å². The van der Waals surface area contributed by atoms with Crippen LogP contribution >= 0.6 is 11.6 Å². The monoisotopic (exact) mass is 228 g/mol. The van der Waals surface area contributed by atoms with Gasteiger partial charge in [0.15, 0.2) is 5.65 Å². The predicted octanol–water partition coefficient (Wildman–Crippen LogP) is 0.767. The summed E-state index contributed by atoms with van der Waals surface area (Å²) in [5, 5.41) is 15.9. The summed E-state index contributed by atoms with van der Waals surface area (Å²) in [4.78, 5) is 7.87. The van der Waals surface area contributed by atoms with Crippen molar-refractivity contribution >= 4 is 22.6 Å². The number of aromatic amines is 1. The van der Waals surface area contributed by atoms with E-state index in [4.69, 9.17) is 21.4 Å². The van der Waals surface area contributed by atoms with Crippen molar-refractivity contribution in [3.63, 3.8) is 0 Å². The summed E-state index contributed by atoms with van der Waals surface area (Å²) in [7, 11) is 0. The lowest BCUT2D eigenvalue weighted by molar-refractivity contribution is 0.230. The number of fused-ring (bicyclic) bond motifs is 1. The minimum Gasteiger partial charge on any atom is -0.477 e. The Bertz CT molecular complexity index is 459. The van der Waals surface area contributed by atoms with Crippen molar-refractivity contribution in [1.29, 1.82) is 0 Å². The third kappa shape index (κ3) is 2.16. The second-order valence-electron chi connectivity index (χ2n) is 2.86. The topological polar surface area (TPSA) is 83.9 Å². The second-order valence-corrected chi connectivity index (χ2v) is 3.19. The Kier molecular flexibility index (Phi) is 2.98. The number of nitrogens with zero attached hydrogens (tertiary/aromatic N) is 3. The van der Waals surface area contributed by atoms with Gasteiger partial charge in [-0.2, -0.15) is 15.1 Å². The van der Waals surface area contributed by atoms with E-state index in [1.165, 1.54) is 0 Å². The Morgan fingerprint density at radius 2 is 2.33 bits per heavy atom. The van der Waals surface area contributed by atoms with Gasteiger partial charge >= 0.3 is 0 Å². The lowest BCUT2D eigenvalue weighted by Gasteiger charge is -2.04. The predicted molar refractivity (Wildman–Crippen MR) is 53.9 cm³/mol. The van der Waals surface area contributed by atoms with Gasteiger partial charge in [0.05, 0.1) is 12.8 Å². The molecule has 7 heteroatoms. The molecule has 0 bridgehead atoms. The minimum absolute atomic E-state index is 0.0767. The second kappa shape index (κ2) is 4.41. The van der Waals surface area contributed by atoms with Gasteiger partial charge in [-0.05, 0) is 11.6 Å². The summed E-state index contributed by atoms with van der Waals surface area (Å²) in [5.74, 6) is 0.382. The average Bonchev–Trinajstić information content (AvgIpc) is 2.65. The van der Waals surface area contributed by atoms with Crippen molar-refractivity contribution in [2.24, 2.45) is 0 Å². The molecular weight excluding hydrogens is 220 g/mol. The number of ether oxygens (including phenoxy) is 1. The van der Waals surface area contributed by atoms with E-state index in [1.54, 1.807) is 6.20 Å². The van der Waals surface area contributed by atoms with Gasteiger partial charge in [0.1, 0.15) is 5.39 Å². The fourth-order valence-electron chi connectivity index (χ4n) is 1.13. The van der Waals surface area contributed by atoms with Crippen molar-refractivity contribution < 1.29 is 9.84 Å². The van der Waals surface area contributed by atoms with E-state index in [0.717, 1.165) is 0 Å². The van der Waals surface area contributed by atoms with Gasteiger partial charge in [-0.3, -0.25) is 5.10 Å². The molecule has 0 spiro atoms. The van der Waals surface area contributed by atoms with Crippen LogP contribution in [0, 0.1) is 0 Å². The van der Waals surface area contributed by atoms with Gasteiger partial charge in [0.2, 0.25) is 11.2 Å². The quantitative estimate of drug-likeness (QED) is 0.597. The Labute approximate surface area is 90.3 Å². The van der Waals surface area contributed by atoms with E-state index in [-0.39, 0.29) is 11.9 Å². The van der Waals surface area contributed by atoms with E-state index in [9.17, 15) is 0 Å². The van der Waals surface area contributed by atoms with Crippen LogP contribution in [-0.4, -0.2) is 38.5 Å². The molecule has 80 valence electrons.